The first-order valence-electron chi connectivity index (χ1n) is 17.3. The van der Waals surface area contributed by atoms with Gasteiger partial charge in [0.1, 0.15) is 0 Å². The van der Waals surface area contributed by atoms with Crippen LogP contribution in [0.3, 0.4) is 0 Å². The van der Waals surface area contributed by atoms with Gasteiger partial charge in [-0.2, -0.15) is 0 Å². The van der Waals surface area contributed by atoms with Gasteiger partial charge in [-0.3, -0.25) is 0 Å². The summed E-state index contributed by atoms with van der Waals surface area (Å²) in [4.78, 5) is 14.1. The molecule has 0 fully saturated rings. The van der Waals surface area contributed by atoms with Crippen LogP contribution in [0.1, 0.15) is 88.9 Å². The number of aromatic nitrogens is 4. The molecule has 0 aromatic carbocycles. The van der Waals surface area contributed by atoms with E-state index in [1.165, 1.54) is 27.7 Å². The molecule has 9 rings (SSSR count). The van der Waals surface area contributed by atoms with Gasteiger partial charge in [0.05, 0.1) is 34.3 Å². The quantitative estimate of drug-likeness (QED) is 0.217. The number of hydrogen-bond acceptors (Lipinski definition) is 2. The first-order chi connectivity index (χ1) is 23.8. The van der Waals surface area contributed by atoms with Crippen molar-refractivity contribution in [2.75, 3.05) is 0 Å². The second-order valence-corrected chi connectivity index (χ2v) is 13.3. The van der Waals surface area contributed by atoms with Gasteiger partial charge in [-0.1, -0.05) is 97.2 Å². The molecule has 4 unspecified atom stereocenters. The number of nitrogens with one attached hydrogen (secondary N) is 1. The SMILES string of the molecule is C1=CCC(c2c(C3C=CC=CC3)c3c(C4C=CC=CC4)c4nc(cc5ccc(cc6nc(cc2n3C2C=CC=CC2)C=C6)[nH]5)C=C4)C=C1. The van der Waals surface area contributed by atoms with Crippen molar-refractivity contribution in [3.8, 4) is 0 Å². The third-order valence-electron chi connectivity index (χ3n) is 10.2. The van der Waals surface area contributed by atoms with Crippen LogP contribution in [0, 0.1) is 0 Å². The largest absolute Gasteiger partial charge is 0.355 e. The van der Waals surface area contributed by atoms with E-state index in [4.69, 9.17) is 9.97 Å². The maximum Gasteiger partial charge on any atom is 0.0696 e. The molecule has 0 spiro atoms. The maximum atomic E-state index is 5.38. The lowest BCUT2D eigenvalue weighted by Crippen LogP contribution is -2.11. The number of fused-ring (bicyclic) bond motifs is 8. The van der Waals surface area contributed by atoms with Crippen molar-refractivity contribution in [2.45, 2.75) is 49.5 Å². The number of rotatable bonds is 4. The van der Waals surface area contributed by atoms with Crippen molar-refractivity contribution < 1.29 is 0 Å². The van der Waals surface area contributed by atoms with Crippen molar-refractivity contribution in [3.63, 3.8) is 0 Å². The van der Waals surface area contributed by atoms with E-state index >= 15 is 0 Å². The Morgan fingerprint density at radius 2 is 1.06 bits per heavy atom. The first-order valence-corrected chi connectivity index (χ1v) is 17.3. The minimum atomic E-state index is 0.157. The molecule has 0 saturated heterocycles. The topological polar surface area (TPSA) is 46.5 Å². The Morgan fingerprint density at radius 3 is 1.67 bits per heavy atom. The Balaban J connectivity index is 1.52. The number of allylic oxidation sites excluding steroid dienone is 16. The van der Waals surface area contributed by atoms with Crippen LogP contribution in [-0.2, 0) is 0 Å². The maximum absolute atomic E-state index is 5.38. The highest BCUT2D eigenvalue weighted by Crippen LogP contribution is 2.47. The molecule has 5 heterocycles. The fourth-order valence-corrected chi connectivity index (χ4v) is 8.03. The van der Waals surface area contributed by atoms with Gasteiger partial charge in [-0.05, 0) is 91.4 Å². The zero-order valence-electron chi connectivity index (χ0n) is 26.9. The van der Waals surface area contributed by atoms with Gasteiger partial charge in [-0.15, -0.1) is 0 Å². The van der Waals surface area contributed by atoms with Crippen LogP contribution >= 0.6 is 0 Å². The molecule has 8 bridgehead atoms. The molecule has 3 aromatic heterocycles. The molecule has 4 atom stereocenters. The highest BCUT2D eigenvalue weighted by molar-refractivity contribution is 5.86. The molecule has 4 nitrogen and oxygen atoms in total. The van der Waals surface area contributed by atoms with Crippen LogP contribution in [0.25, 0.3) is 46.4 Å². The van der Waals surface area contributed by atoms with Crippen LogP contribution in [0.15, 0.2) is 128 Å². The van der Waals surface area contributed by atoms with Gasteiger partial charge in [-0.25, -0.2) is 9.97 Å². The number of aromatic amines is 1. The van der Waals surface area contributed by atoms with E-state index in [2.05, 4.69) is 161 Å². The summed E-state index contributed by atoms with van der Waals surface area (Å²) in [5.41, 5.74) is 12.7. The molecule has 2 aliphatic heterocycles. The fraction of sp³-hybridized carbons (Fsp3) is 0.182. The van der Waals surface area contributed by atoms with E-state index in [1.807, 2.05) is 0 Å². The molecule has 234 valence electrons. The summed E-state index contributed by atoms with van der Waals surface area (Å²) in [7, 11) is 0. The third kappa shape index (κ3) is 5.28. The molecule has 1 N–H and O–H groups in total. The monoisotopic (exact) mass is 622 g/mol. The van der Waals surface area contributed by atoms with Gasteiger partial charge in [0.25, 0.3) is 0 Å². The highest BCUT2D eigenvalue weighted by atomic mass is 15.0. The van der Waals surface area contributed by atoms with Crippen molar-refractivity contribution in [1.82, 2.24) is 19.5 Å². The molecule has 0 amide bonds. The summed E-state index contributed by atoms with van der Waals surface area (Å²) in [5, 5.41) is 0. The smallest absolute Gasteiger partial charge is 0.0696 e. The second-order valence-electron chi connectivity index (χ2n) is 13.3. The standard InChI is InChI=1S/C44H38N4/c1-5-13-30(14-6-1)41-39-26-25-36(47-39)28-35-22-21-33(45-35)27-34-23-24-37(46-34)29-40-42(31-15-7-2-8-16-31)43(32-17-9-3-10-18-32)44(41)48(40)38-19-11-4-12-20-38/h1-13,15,17,19,21-32,38,45H,14,16,18,20H2. The van der Waals surface area contributed by atoms with E-state index in [0.29, 0.717) is 0 Å². The van der Waals surface area contributed by atoms with E-state index in [9.17, 15) is 0 Å². The molecule has 0 saturated carbocycles. The number of hydrogen-bond donors (Lipinski definition) is 1. The molecule has 3 aromatic rings. The summed E-state index contributed by atoms with van der Waals surface area (Å²) >= 11 is 0. The Kier molecular flexibility index (Phi) is 7.34. The van der Waals surface area contributed by atoms with E-state index in [1.54, 1.807) is 0 Å². The minimum absolute atomic E-state index is 0.157. The average Bonchev–Trinajstić information content (AvgIpc) is 3.95. The predicted octanol–water partition coefficient (Wildman–Crippen LogP) is 11.0. The lowest BCUT2D eigenvalue weighted by Gasteiger charge is -2.24. The summed E-state index contributed by atoms with van der Waals surface area (Å²) in [6, 6.07) is 11.0. The van der Waals surface area contributed by atoms with Crippen LogP contribution in [0.5, 0.6) is 0 Å². The van der Waals surface area contributed by atoms with Crippen molar-refractivity contribution in [1.29, 1.82) is 0 Å². The molecule has 48 heavy (non-hydrogen) atoms. The Labute approximate surface area is 281 Å². The van der Waals surface area contributed by atoms with Crippen LogP contribution in [0.4, 0.5) is 0 Å². The number of H-pyrrole nitrogens is 1. The van der Waals surface area contributed by atoms with E-state index in [0.717, 1.165) is 59.5 Å². The molecule has 4 heteroatoms. The Bertz CT molecular complexity index is 2270. The van der Waals surface area contributed by atoms with E-state index < -0.39 is 0 Å². The second kappa shape index (κ2) is 12.3. The summed E-state index contributed by atoms with van der Waals surface area (Å²) < 4.78 is 2.67. The van der Waals surface area contributed by atoms with Crippen LogP contribution in [-0.4, -0.2) is 19.5 Å². The molecular weight excluding hydrogens is 585 g/mol. The Hall–Kier alpha value is -5.48. The summed E-state index contributed by atoms with van der Waals surface area (Å²) in [6.07, 6.45) is 49.0. The van der Waals surface area contributed by atoms with Gasteiger partial charge in [0.15, 0.2) is 0 Å². The van der Waals surface area contributed by atoms with E-state index in [-0.39, 0.29) is 23.8 Å². The highest BCUT2D eigenvalue weighted by Gasteiger charge is 2.32. The normalized spacial score (nSPS) is 23.5. The average molecular weight is 623 g/mol. The minimum Gasteiger partial charge on any atom is -0.355 e. The van der Waals surface area contributed by atoms with Crippen LogP contribution < -0.4 is 0 Å². The molecular formula is C44H38N4. The van der Waals surface area contributed by atoms with Crippen molar-refractivity contribution >= 4 is 46.4 Å². The van der Waals surface area contributed by atoms with Crippen molar-refractivity contribution in [3.05, 3.63) is 167 Å². The summed E-state index contributed by atoms with van der Waals surface area (Å²) in [6.45, 7) is 0. The Morgan fingerprint density at radius 1 is 0.521 bits per heavy atom. The van der Waals surface area contributed by atoms with Gasteiger partial charge < -0.3 is 9.55 Å². The van der Waals surface area contributed by atoms with Gasteiger partial charge >= 0.3 is 0 Å². The predicted molar refractivity (Wildman–Crippen MR) is 201 cm³/mol. The lowest BCUT2D eigenvalue weighted by molar-refractivity contribution is 0.640. The molecule has 0 radical (unpaired) electrons. The third-order valence-corrected chi connectivity index (χ3v) is 10.2. The molecule has 4 aliphatic carbocycles. The van der Waals surface area contributed by atoms with Gasteiger partial charge in [0, 0.05) is 39.9 Å². The van der Waals surface area contributed by atoms with Crippen LogP contribution in [0.2, 0.25) is 0 Å². The zero-order chi connectivity index (χ0) is 31.9. The first kappa shape index (κ1) is 28.7. The number of nitrogens with zero attached hydrogens (tertiary/aromatic N) is 3. The molecule has 6 aliphatic rings. The zero-order valence-corrected chi connectivity index (χ0v) is 26.9. The lowest BCUT2D eigenvalue weighted by atomic mass is 9.81. The summed E-state index contributed by atoms with van der Waals surface area (Å²) in [5.74, 6) is 0.678. The fourth-order valence-electron chi connectivity index (χ4n) is 8.03. The van der Waals surface area contributed by atoms with Gasteiger partial charge in [0.2, 0.25) is 0 Å². The van der Waals surface area contributed by atoms with Crippen molar-refractivity contribution in [2.24, 2.45) is 0 Å².